The first-order chi connectivity index (χ1) is 8.15. The molecule has 1 aromatic carbocycles. The van der Waals surface area contributed by atoms with Crippen molar-refractivity contribution >= 4 is 16.9 Å². The van der Waals surface area contributed by atoms with Crippen LogP contribution in [0.2, 0.25) is 0 Å². The second-order valence-electron chi connectivity index (χ2n) is 4.34. The molecule has 2 atom stereocenters. The Labute approximate surface area is 106 Å². The van der Waals surface area contributed by atoms with Gasteiger partial charge in [0.2, 0.25) is 0 Å². The molecule has 0 bridgehead atoms. The van der Waals surface area contributed by atoms with Crippen molar-refractivity contribution in [1.82, 2.24) is 5.32 Å². The Kier molecular flexibility index (Phi) is 4.05. The van der Waals surface area contributed by atoms with Crippen LogP contribution in [0, 0.1) is 5.82 Å². The zero-order chi connectivity index (χ0) is 12.3. The van der Waals surface area contributed by atoms with Crippen LogP contribution in [-0.4, -0.2) is 17.0 Å². The highest BCUT2D eigenvalue weighted by Crippen LogP contribution is 2.19. The van der Waals surface area contributed by atoms with Gasteiger partial charge in [-0.05, 0) is 38.0 Å². The van der Waals surface area contributed by atoms with E-state index in [0.29, 0.717) is 6.04 Å². The summed E-state index contributed by atoms with van der Waals surface area (Å²) in [7, 11) is 0. The lowest BCUT2D eigenvalue weighted by atomic mass is 10.1. The molecule has 0 radical (unpaired) electrons. The van der Waals surface area contributed by atoms with Crippen molar-refractivity contribution in [1.29, 1.82) is 0 Å². The summed E-state index contributed by atoms with van der Waals surface area (Å²) < 4.78 is 12.8. The van der Waals surface area contributed by atoms with Crippen molar-refractivity contribution in [3.8, 4) is 0 Å². The fourth-order valence-corrected chi connectivity index (χ4v) is 2.89. The van der Waals surface area contributed by atoms with E-state index in [1.807, 2.05) is 12.1 Å². The van der Waals surface area contributed by atoms with Crippen molar-refractivity contribution in [3.63, 3.8) is 0 Å². The molecule has 4 heteroatoms. The molecule has 1 aliphatic rings. The van der Waals surface area contributed by atoms with Crippen molar-refractivity contribution in [2.75, 3.05) is 5.75 Å². The second kappa shape index (κ2) is 5.54. The fraction of sp³-hybridized carbons (Fsp3) is 0.462. The molecule has 17 heavy (non-hydrogen) atoms. The number of nitrogens with zero attached hydrogens (tertiary/aromatic N) is 1. The van der Waals surface area contributed by atoms with E-state index in [0.717, 1.165) is 22.9 Å². The van der Waals surface area contributed by atoms with Crippen molar-refractivity contribution < 1.29 is 4.39 Å². The predicted molar refractivity (Wildman–Crippen MR) is 71.9 cm³/mol. The first-order valence-corrected chi connectivity index (χ1v) is 6.86. The Morgan fingerprint density at radius 1 is 1.41 bits per heavy atom. The Morgan fingerprint density at radius 3 is 2.76 bits per heavy atom. The van der Waals surface area contributed by atoms with Crippen molar-refractivity contribution in [2.45, 2.75) is 32.4 Å². The lowest BCUT2D eigenvalue weighted by Gasteiger charge is -2.21. The van der Waals surface area contributed by atoms with Gasteiger partial charge in [0.25, 0.3) is 0 Å². The molecule has 1 heterocycles. The van der Waals surface area contributed by atoms with Gasteiger partial charge in [-0.15, -0.1) is 0 Å². The summed E-state index contributed by atoms with van der Waals surface area (Å²) in [5, 5.41) is 4.38. The van der Waals surface area contributed by atoms with Crippen LogP contribution in [0.1, 0.15) is 31.9 Å². The second-order valence-corrected chi connectivity index (χ2v) is 5.42. The molecule has 1 N–H and O–H groups in total. The number of thioether (sulfide) groups is 1. The van der Waals surface area contributed by atoms with Gasteiger partial charge in [0.05, 0.1) is 12.1 Å². The van der Waals surface area contributed by atoms with Crippen LogP contribution in [0.15, 0.2) is 29.3 Å². The number of aliphatic imine (C=N–C) groups is 1. The molecule has 1 aliphatic heterocycles. The Balaban J connectivity index is 2.01. The summed E-state index contributed by atoms with van der Waals surface area (Å²) in [5.41, 5.74) is 1.08. The summed E-state index contributed by atoms with van der Waals surface area (Å²) in [6.45, 7) is 4.19. The van der Waals surface area contributed by atoms with E-state index in [2.05, 4.69) is 24.2 Å². The Bertz CT molecular complexity index is 402. The maximum absolute atomic E-state index is 12.8. The van der Waals surface area contributed by atoms with Gasteiger partial charge in [0.1, 0.15) is 5.82 Å². The van der Waals surface area contributed by atoms with Gasteiger partial charge in [-0.1, -0.05) is 23.9 Å². The first kappa shape index (κ1) is 12.4. The van der Waals surface area contributed by atoms with Gasteiger partial charge < -0.3 is 5.32 Å². The summed E-state index contributed by atoms with van der Waals surface area (Å²) in [5.74, 6) is 0.919. The maximum atomic E-state index is 12.8. The van der Waals surface area contributed by atoms with Crippen LogP contribution in [0.3, 0.4) is 0 Å². The van der Waals surface area contributed by atoms with E-state index in [1.54, 1.807) is 11.8 Å². The van der Waals surface area contributed by atoms with E-state index in [-0.39, 0.29) is 11.9 Å². The van der Waals surface area contributed by atoms with Gasteiger partial charge >= 0.3 is 0 Å². The van der Waals surface area contributed by atoms with E-state index in [4.69, 9.17) is 0 Å². The third-order valence-corrected chi connectivity index (χ3v) is 3.76. The fourth-order valence-electron chi connectivity index (χ4n) is 1.73. The SMILES string of the molecule is CC1CCSC(NC(C)c2ccc(F)cc2)=N1. The maximum Gasteiger partial charge on any atom is 0.157 e. The van der Waals surface area contributed by atoms with Gasteiger partial charge in [0, 0.05) is 5.75 Å². The number of amidine groups is 1. The molecule has 0 aromatic heterocycles. The topological polar surface area (TPSA) is 24.4 Å². The number of nitrogens with one attached hydrogen (secondary N) is 1. The zero-order valence-corrected chi connectivity index (χ0v) is 10.9. The minimum atomic E-state index is -0.195. The smallest absolute Gasteiger partial charge is 0.157 e. The molecule has 0 fully saturated rings. The third-order valence-electron chi connectivity index (χ3n) is 2.82. The molecule has 2 unspecified atom stereocenters. The molecule has 92 valence electrons. The number of hydrogen-bond acceptors (Lipinski definition) is 3. The zero-order valence-electron chi connectivity index (χ0n) is 10.1. The molecule has 0 saturated heterocycles. The van der Waals surface area contributed by atoms with Crippen LogP contribution in [0.5, 0.6) is 0 Å². The highest BCUT2D eigenvalue weighted by atomic mass is 32.2. The minimum absolute atomic E-state index is 0.159. The van der Waals surface area contributed by atoms with E-state index < -0.39 is 0 Å². The van der Waals surface area contributed by atoms with Crippen molar-refractivity contribution in [3.05, 3.63) is 35.6 Å². The van der Waals surface area contributed by atoms with Gasteiger partial charge in [-0.2, -0.15) is 0 Å². The van der Waals surface area contributed by atoms with E-state index >= 15 is 0 Å². The van der Waals surface area contributed by atoms with Gasteiger partial charge in [-0.3, -0.25) is 4.99 Å². The van der Waals surface area contributed by atoms with Crippen LogP contribution in [0.4, 0.5) is 4.39 Å². The normalized spacial score (nSPS) is 21.8. The lowest BCUT2D eigenvalue weighted by molar-refractivity contribution is 0.624. The predicted octanol–water partition coefficient (Wildman–Crippen LogP) is 3.36. The highest BCUT2D eigenvalue weighted by molar-refractivity contribution is 8.13. The molecule has 1 aromatic rings. The Hall–Kier alpha value is -1.03. The molecule has 2 rings (SSSR count). The first-order valence-electron chi connectivity index (χ1n) is 5.88. The van der Waals surface area contributed by atoms with Crippen LogP contribution < -0.4 is 5.32 Å². The van der Waals surface area contributed by atoms with Crippen LogP contribution in [0.25, 0.3) is 0 Å². The van der Waals surface area contributed by atoms with Crippen LogP contribution in [-0.2, 0) is 0 Å². The average molecular weight is 252 g/mol. The van der Waals surface area contributed by atoms with E-state index in [9.17, 15) is 4.39 Å². The standard InChI is InChI=1S/C13H17FN2S/c1-9-7-8-17-13(15-9)16-10(2)11-3-5-12(14)6-4-11/h3-6,9-10H,7-8H2,1-2H3,(H,15,16). The quantitative estimate of drug-likeness (QED) is 0.873. The lowest BCUT2D eigenvalue weighted by Crippen LogP contribution is -2.28. The minimum Gasteiger partial charge on any atom is -0.358 e. The number of benzene rings is 1. The van der Waals surface area contributed by atoms with Gasteiger partial charge in [-0.25, -0.2) is 4.39 Å². The highest BCUT2D eigenvalue weighted by Gasteiger charge is 2.14. The average Bonchev–Trinajstić information content (AvgIpc) is 2.29. The largest absolute Gasteiger partial charge is 0.358 e. The third kappa shape index (κ3) is 3.46. The summed E-state index contributed by atoms with van der Waals surface area (Å²) in [6, 6.07) is 7.17. The van der Waals surface area contributed by atoms with Crippen LogP contribution >= 0.6 is 11.8 Å². The van der Waals surface area contributed by atoms with E-state index in [1.165, 1.54) is 12.1 Å². The molecule has 0 aliphatic carbocycles. The molecular formula is C13H17FN2S. The molecular weight excluding hydrogens is 235 g/mol. The monoisotopic (exact) mass is 252 g/mol. The summed E-state index contributed by atoms with van der Waals surface area (Å²) in [4.78, 5) is 4.56. The molecule has 0 amide bonds. The molecule has 2 nitrogen and oxygen atoms in total. The molecule has 0 saturated carbocycles. The number of rotatable bonds is 2. The Morgan fingerprint density at radius 2 is 2.12 bits per heavy atom. The molecule has 0 spiro atoms. The number of hydrogen-bond donors (Lipinski definition) is 1. The summed E-state index contributed by atoms with van der Waals surface area (Å²) >= 11 is 1.76. The van der Waals surface area contributed by atoms with Crippen molar-refractivity contribution in [2.24, 2.45) is 4.99 Å². The summed E-state index contributed by atoms with van der Waals surface area (Å²) in [6.07, 6.45) is 1.14. The number of halogens is 1. The van der Waals surface area contributed by atoms with Gasteiger partial charge in [0.15, 0.2) is 5.17 Å².